The largest absolute Gasteiger partial charge is 0.419 e. The number of aryl methyl sites for hydroxylation is 2. The van der Waals surface area contributed by atoms with Crippen LogP contribution in [0.4, 0.5) is 19.3 Å². The van der Waals surface area contributed by atoms with E-state index in [1.807, 2.05) is 50.2 Å². The molecule has 3 aromatic carbocycles. The van der Waals surface area contributed by atoms with Gasteiger partial charge in [0.15, 0.2) is 6.04 Å². The predicted molar refractivity (Wildman–Crippen MR) is 130 cm³/mol. The third-order valence-corrected chi connectivity index (χ3v) is 7.70. The van der Waals surface area contributed by atoms with Gasteiger partial charge in [-0.05, 0) is 67.6 Å². The molecule has 2 amide bonds. The number of carbonyl (C=O) groups is 1. The average molecular weight is 459 g/mol. The number of hydrogen-bond donors (Lipinski definition) is 2. The van der Waals surface area contributed by atoms with Gasteiger partial charge in [0.1, 0.15) is 23.9 Å². The predicted octanol–water partition coefficient (Wildman–Crippen LogP) is 6.28. The lowest BCUT2D eigenvalue weighted by Crippen LogP contribution is -2.65. The maximum absolute atomic E-state index is 15.5. The van der Waals surface area contributed by atoms with Crippen LogP contribution in [0.5, 0.6) is 0 Å². The van der Waals surface area contributed by atoms with Crippen LogP contribution in [0.25, 0.3) is 10.9 Å². The first-order valence-corrected chi connectivity index (χ1v) is 11.6. The molecule has 172 valence electrons. The van der Waals surface area contributed by atoms with Gasteiger partial charge in [-0.2, -0.15) is 4.48 Å². The Bertz CT molecular complexity index is 1470. The summed E-state index contributed by atoms with van der Waals surface area (Å²) in [6.45, 7) is 4.34. The van der Waals surface area contributed by atoms with E-state index in [9.17, 15) is 9.18 Å². The van der Waals surface area contributed by atoms with E-state index in [0.29, 0.717) is 12.2 Å². The Morgan fingerprint density at radius 1 is 1.03 bits per heavy atom. The SMILES string of the molecule is Cc1cc(C)cc([N+]2(C(N)=O)CC3(CC3)c3c([nH]c4ccccc34)C2c2cc(F)ccc2F)c1. The summed E-state index contributed by atoms with van der Waals surface area (Å²) in [6, 6.07) is 15.9. The second kappa shape index (κ2) is 7.00. The molecule has 2 unspecified atom stereocenters. The number of fused-ring (bicyclic) bond motifs is 4. The standard InChI is InChI=1S/C28H25F2N3O/c1-16-11-17(2)13-19(12-16)33(27(31)34)15-28(9-10-28)24-20-5-3-4-6-23(20)32-25(24)26(33)21-14-18(29)7-8-22(21)30/h3-8,11-14,26,32H,9-10,15H2,1-2H3,(H-,31,34)/p+1. The maximum Gasteiger partial charge on any atom is 0.419 e. The van der Waals surface area contributed by atoms with Gasteiger partial charge in [-0.3, -0.25) is 0 Å². The molecule has 2 aliphatic rings. The molecule has 6 heteroatoms. The lowest BCUT2D eigenvalue weighted by Gasteiger charge is -2.46. The fourth-order valence-electron chi connectivity index (χ4n) is 6.24. The highest BCUT2D eigenvalue weighted by Crippen LogP contribution is 2.61. The maximum atomic E-state index is 15.5. The second-order valence-corrected chi connectivity index (χ2v) is 10.0. The van der Waals surface area contributed by atoms with E-state index in [0.717, 1.165) is 58.3 Å². The number of H-pyrrole nitrogens is 1. The molecule has 0 bridgehead atoms. The summed E-state index contributed by atoms with van der Waals surface area (Å²) in [7, 11) is 0. The molecule has 4 aromatic rings. The number of nitrogens with zero attached hydrogens (tertiary/aromatic N) is 1. The highest BCUT2D eigenvalue weighted by molar-refractivity contribution is 5.93. The number of para-hydroxylation sites is 1. The first-order chi connectivity index (χ1) is 16.2. The topological polar surface area (TPSA) is 58.9 Å². The first-order valence-electron chi connectivity index (χ1n) is 11.6. The van der Waals surface area contributed by atoms with Crippen LogP contribution in [0.15, 0.2) is 60.7 Å². The number of halogens is 2. The number of carbonyl (C=O) groups excluding carboxylic acids is 1. The zero-order chi connectivity index (χ0) is 23.8. The Labute approximate surface area is 196 Å². The van der Waals surface area contributed by atoms with Gasteiger partial charge in [-0.15, -0.1) is 0 Å². The van der Waals surface area contributed by atoms with Gasteiger partial charge in [-0.25, -0.2) is 13.6 Å². The number of rotatable bonds is 2. The van der Waals surface area contributed by atoms with E-state index in [1.54, 1.807) is 0 Å². The van der Waals surface area contributed by atoms with Gasteiger partial charge in [0.05, 0.1) is 11.3 Å². The number of hydrogen-bond acceptors (Lipinski definition) is 1. The highest BCUT2D eigenvalue weighted by Gasteiger charge is 2.64. The Hall–Kier alpha value is -3.51. The third-order valence-electron chi connectivity index (χ3n) is 7.70. The Balaban J connectivity index is 1.76. The van der Waals surface area contributed by atoms with E-state index < -0.39 is 23.7 Å². The van der Waals surface area contributed by atoms with Crippen molar-refractivity contribution in [2.45, 2.75) is 38.1 Å². The number of nitrogens with one attached hydrogen (secondary N) is 1. The summed E-state index contributed by atoms with van der Waals surface area (Å²) in [6.07, 6.45) is 1.83. The van der Waals surface area contributed by atoms with Crippen molar-refractivity contribution in [1.82, 2.24) is 9.47 Å². The summed E-state index contributed by atoms with van der Waals surface area (Å²) in [4.78, 5) is 17.1. The normalized spacial score (nSPS) is 22.6. The van der Waals surface area contributed by atoms with Crippen molar-refractivity contribution in [3.63, 3.8) is 0 Å². The van der Waals surface area contributed by atoms with Crippen molar-refractivity contribution in [2.75, 3.05) is 6.54 Å². The lowest BCUT2D eigenvalue weighted by molar-refractivity contribution is 0.177. The average Bonchev–Trinajstić information content (AvgIpc) is 3.43. The molecule has 0 saturated heterocycles. The van der Waals surface area contributed by atoms with Gasteiger partial charge >= 0.3 is 6.03 Å². The second-order valence-electron chi connectivity index (χ2n) is 10.0. The van der Waals surface area contributed by atoms with Gasteiger partial charge < -0.3 is 10.7 Å². The van der Waals surface area contributed by atoms with Crippen molar-refractivity contribution in [3.05, 3.63) is 100 Å². The molecular weight excluding hydrogens is 432 g/mol. The number of primary amides is 1. The molecule has 1 spiro atoms. The Morgan fingerprint density at radius 2 is 1.74 bits per heavy atom. The van der Waals surface area contributed by atoms with Gasteiger partial charge in [-0.1, -0.05) is 24.3 Å². The summed E-state index contributed by atoms with van der Waals surface area (Å²) in [5.41, 5.74) is 11.6. The number of aromatic nitrogens is 1. The molecule has 1 fully saturated rings. The molecule has 3 N–H and O–H groups in total. The van der Waals surface area contributed by atoms with Gasteiger partial charge in [0, 0.05) is 28.5 Å². The van der Waals surface area contributed by atoms with Crippen LogP contribution in [0.3, 0.4) is 0 Å². The molecule has 6 rings (SSSR count). The monoisotopic (exact) mass is 458 g/mol. The van der Waals surface area contributed by atoms with Crippen molar-refractivity contribution in [3.8, 4) is 0 Å². The van der Waals surface area contributed by atoms with Crippen molar-refractivity contribution < 1.29 is 13.6 Å². The minimum atomic E-state index is -0.844. The minimum absolute atomic E-state index is 0.126. The number of aromatic amines is 1. The van der Waals surface area contributed by atoms with Crippen LogP contribution >= 0.6 is 0 Å². The van der Waals surface area contributed by atoms with Crippen LogP contribution < -0.4 is 10.2 Å². The Kier molecular flexibility index (Phi) is 4.33. The molecular formula is C28H26F2N3O+. The molecule has 1 saturated carbocycles. The van der Waals surface area contributed by atoms with Crippen molar-refractivity contribution in [1.29, 1.82) is 0 Å². The highest BCUT2D eigenvalue weighted by atomic mass is 19.1. The first kappa shape index (κ1) is 21.1. The summed E-state index contributed by atoms with van der Waals surface area (Å²) < 4.78 is 29.7. The van der Waals surface area contributed by atoms with E-state index in [-0.39, 0.29) is 15.5 Å². The molecule has 4 nitrogen and oxygen atoms in total. The van der Waals surface area contributed by atoms with Crippen molar-refractivity contribution in [2.24, 2.45) is 5.73 Å². The van der Waals surface area contributed by atoms with Crippen LogP contribution in [0.2, 0.25) is 0 Å². The zero-order valence-electron chi connectivity index (χ0n) is 19.2. The van der Waals surface area contributed by atoms with E-state index >= 15 is 4.39 Å². The van der Waals surface area contributed by atoms with Gasteiger partial charge in [0.25, 0.3) is 0 Å². The number of amides is 2. The van der Waals surface area contributed by atoms with Crippen LogP contribution in [0, 0.1) is 25.5 Å². The van der Waals surface area contributed by atoms with Crippen LogP contribution in [0.1, 0.15) is 46.8 Å². The number of nitrogens with two attached hydrogens (primary N) is 1. The quantitative estimate of drug-likeness (QED) is 0.341. The molecule has 1 aliphatic heterocycles. The third kappa shape index (κ3) is 2.81. The van der Waals surface area contributed by atoms with E-state index in [2.05, 4.69) is 11.1 Å². The molecule has 2 atom stereocenters. The van der Waals surface area contributed by atoms with E-state index in [1.165, 1.54) is 6.07 Å². The van der Waals surface area contributed by atoms with Gasteiger partial charge in [0.2, 0.25) is 0 Å². The molecule has 34 heavy (non-hydrogen) atoms. The molecule has 0 radical (unpaired) electrons. The Morgan fingerprint density at radius 3 is 2.41 bits per heavy atom. The molecule has 1 aromatic heterocycles. The zero-order valence-corrected chi connectivity index (χ0v) is 19.2. The number of urea groups is 1. The molecule has 1 aliphatic carbocycles. The van der Waals surface area contributed by atoms with Crippen LogP contribution in [-0.2, 0) is 5.41 Å². The fraction of sp³-hybridized carbons (Fsp3) is 0.250. The molecule has 2 heterocycles. The van der Waals surface area contributed by atoms with E-state index in [4.69, 9.17) is 5.73 Å². The summed E-state index contributed by atoms with van der Waals surface area (Å²) in [5, 5.41) is 1.07. The number of quaternary nitrogens is 1. The smallest absolute Gasteiger partial charge is 0.353 e. The fourth-order valence-corrected chi connectivity index (χ4v) is 6.24. The lowest BCUT2D eigenvalue weighted by atomic mass is 9.80. The summed E-state index contributed by atoms with van der Waals surface area (Å²) in [5.74, 6) is -1.11. The summed E-state index contributed by atoms with van der Waals surface area (Å²) >= 11 is 0. The minimum Gasteiger partial charge on any atom is -0.353 e. The number of benzene rings is 3. The van der Waals surface area contributed by atoms with Crippen molar-refractivity contribution >= 4 is 22.6 Å². The van der Waals surface area contributed by atoms with Crippen LogP contribution in [-0.4, -0.2) is 17.6 Å².